The third-order valence-electron chi connectivity index (χ3n) is 4.18. The number of ether oxygens (including phenoxy) is 2. The number of anilines is 1. The molecular weight excluding hydrogens is 242 g/mol. The van der Waals surface area contributed by atoms with Gasteiger partial charge in [0.25, 0.3) is 0 Å². The Morgan fingerprint density at radius 2 is 2.16 bits per heavy atom. The summed E-state index contributed by atoms with van der Waals surface area (Å²) in [6.07, 6.45) is 1.07. The van der Waals surface area contributed by atoms with Gasteiger partial charge in [0.05, 0.1) is 25.3 Å². The first-order chi connectivity index (χ1) is 9.17. The SMILES string of the molecule is COc1ccc(N2C(N)=NCC23CCOC3C)cc1. The summed E-state index contributed by atoms with van der Waals surface area (Å²) in [7, 11) is 1.66. The molecule has 2 atom stereocenters. The highest BCUT2D eigenvalue weighted by Gasteiger charge is 2.51. The van der Waals surface area contributed by atoms with Crippen LogP contribution in [0.1, 0.15) is 13.3 Å². The maximum atomic E-state index is 6.09. The van der Waals surface area contributed by atoms with Gasteiger partial charge in [0.15, 0.2) is 5.96 Å². The zero-order chi connectivity index (χ0) is 13.5. The third-order valence-corrected chi connectivity index (χ3v) is 4.18. The second-order valence-electron chi connectivity index (χ2n) is 5.07. The van der Waals surface area contributed by atoms with Crippen LogP contribution in [-0.2, 0) is 4.74 Å². The molecule has 1 aromatic carbocycles. The van der Waals surface area contributed by atoms with Crippen LogP contribution >= 0.6 is 0 Å². The van der Waals surface area contributed by atoms with Crippen molar-refractivity contribution >= 4 is 11.6 Å². The Kier molecular flexibility index (Phi) is 2.86. The molecule has 19 heavy (non-hydrogen) atoms. The fourth-order valence-electron chi connectivity index (χ4n) is 2.98. The summed E-state index contributed by atoms with van der Waals surface area (Å²) in [4.78, 5) is 6.55. The molecule has 1 fully saturated rings. The Labute approximate surface area is 113 Å². The number of hydrogen-bond acceptors (Lipinski definition) is 5. The molecule has 102 valence electrons. The van der Waals surface area contributed by atoms with Gasteiger partial charge in [-0.05, 0) is 37.6 Å². The van der Waals surface area contributed by atoms with Gasteiger partial charge in [-0.25, -0.2) is 0 Å². The minimum Gasteiger partial charge on any atom is -0.497 e. The number of nitrogens with zero attached hydrogens (tertiary/aromatic N) is 2. The molecule has 0 radical (unpaired) electrons. The first-order valence-corrected chi connectivity index (χ1v) is 6.53. The summed E-state index contributed by atoms with van der Waals surface area (Å²) in [5, 5.41) is 0. The molecule has 0 bridgehead atoms. The normalized spacial score (nSPS) is 29.9. The summed E-state index contributed by atoms with van der Waals surface area (Å²) >= 11 is 0. The molecule has 2 heterocycles. The van der Waals surface area contributed by atoms with Crippen LogP contribution < -0.4 is 15.4 Å². The third kappa shape index (κ3) is 1.76. The van der Waals surface area contributed by atoms with E-state index >= 15 is 0 Å². The standard InChI is InChI=1S/C14H19N3O2/c1-10-14(7-8-19-10)9-16-13(15)17(14)11-3-5-12(18-2)6-4-11/h3-6,10H,7-9H2,1-2H3,(H2,15,16). The van der Waals surface area contributed by atoms with Crippen molar-refractivity contribution in [3.05, 3.63) is 24.3 Å². The fraction of sp³-hybridized carbons (Fsp3) is 0.500. The molecule has 0 amide bonds. The molecule has 0 aromatic heterocycles. The van der Waals surface area contributed by atoms with Crippen LogP contribution in [0.5, 0.6) is 5.75 Å². The summed E-state index contributed by atoms with van der Waals surface area (Å²) < 4.78 is 10.9. The van der Waals surface area contributed by atoms with Crippen LogP contribution in [0, 0.1) is 0 Å². The van der Waals surface area contributed by atoms with Gasteiger partial charge in [-0.15, -0.1) is 0 Å². The maximum absolute atomic E-state index is 6.09. The molecule has 0 aliphatic carbocycles. The Balaban J connectivity index is 1.97. The molecular formula is C14H19N3O2. The minimum absolute atomic E-state index is 0.124. The van der Waals surface area contributed by atoms with Gasteiger partial charge in [-0.2, -0.15) is 0 Å². The zero-order valence-corrected chi connectivity index (χ0v) is 11.3. The van der Waals surface area contributed by atoms with E-state index in [0.717, 1.165) is 24.5 Å². The lowest BCUT2D eigenvalue weighted by Gasteiger charge is -2.38. The quantitative estimate of drug-likeness (QED) is 0.873. The molecule has 3 rings (SSSR count). The molecule has 1 spiro atoms. The molecule has 2 N–H and O–H groups in total. The highest BCUT2D eigenvalue weighted by molar-refractivity contribution is 5.98. The van der Waals surface area contributed by atoms with Gasteiger partial charge >= 0.3 is 0 Å². The number of rotatable bonds is 2. The lowest BCUT2D eigenvalue weighted by atomic mass is 9.90. The molecule has 2 aliphatic rings. The predicted octanol–water partition coefficient (Wildman–Crippen LogP) is 1.38. The van der Waals surface area contributed by atoms with Gasteiger partial charge in [0.2, 0.25) is 0 Å². The van der Waals surface area contributed by atoms with Crippen molar-refractivity contribution in [2.45, 2.75) is 25.0 Å². The van der Waals surface area contributed by atoms with Crippen LogP contribution in [0.25, 0.3) is 0 Å². The summed E-state index contributed by atoms with van der Waals surface area (Å²) in [5.74, 6) is 1.41. The first-order valence-electron chi connectivity index (χ1n) is 6.53. The molecule has 5 heteroatoms. The van der Waals surface area contributed by atoms with E-state index < -0.39 is 0 Å². The van der Waals surface area contributed by atoms with Gasteiger partial charge in [-0.3, -0.25) is 4.99 Å². The van der Waals surface area contributed by atoms with Crippen molar-refractivity contribution in [3.63, 3.8) is 0 Å². The number of hydrogen-bond donors (Lipinski definition) is 1. The second kappa shape index (κ2) is 4.42. The fourth-order valence-corrected chi connectivity index (χ4v) is 2.98. The van der Waals surface area contributed by atoms with Crippen molar-refractivity contribution in [2.75, 3.05) is 25.2 Å². The molecule has 1 aromatic rings. The monoisotopic (exact) mass is 261 g/mol. The van der Waals surface area contributed by atoms with Crippen LogP contribution in [0.3, 0.4) is 0 Å². The van der Waals surface area contributed by atoms with Crippen molar-refractivity contribution in [3.8, 4) is 5.75 Å². The van der Waals surface area contributed by atoms with Gasteiger partial charge in [0.1, 0.15) is 5.75 Å². The van der Waals surface area contributed by atoms with E-state index in [1.165, 1.54) is 0 Å². The van der Waals surface area contributed by atoms with E-state index in [0.29, 0.717) is 12.5 Å². The lowest BCUT2D eigenvalue weighted by Crippen LogP contribution is -2.56. The number of guanidine groups is 1. The van der Waals surface area contributed by atoms with Gasteiger partial charge < -0.3 is 20.1 Å². The highest BCUT2D eigenvalue weighted by Crippen LogP contribution is 2.39. The van der Waals surface area contributed by atoms with Crippen LogP contribution in [-0.4, -0.2) is 37.9 Å². The number of benzene rings is 1. The van der Waals surface area contributed by atoms with E-state index in [9.17, 15) is 0 Å². The van der Waals surface area contributed by atoms with E-state index in [2.05, 4.69) is 16.8 Å². The predicted molar refractivity (Wildman–Crippen MR) is 74.7 cm³/mol. The minimum atomic E-state index is -0.126. The van der Waals surface area contributed by atoms with Crippen LogP contribution in [0.2, 0.25) is 0 Å². The van der Waals surface area contributed by atoms with E-state index in [4.69, 9.17) is 15.2 Å². The Morgan fingerprint density at radius 1 is 1.42 bits per heavy atom. The molecule has 1 saturated heterocycles. The summed E-state index contributed by atoms with van der Waals surface area (Å²) in [5.41, 5.74) is 7.00. The van der Waals surface area contributed by atoms with Crippen LogP contribution in [0.4, 0.5) is 5.69 Å². The summed E-state index contributed by atoms with van der Waals surface area (Å²) in [6, 6.07) is 7.91. The average molecular weight is 261 g/mol. The van der Waals surface area contributed by atoms with Crippen molar-refractivity contribution in [2.24, 2.45) is 10.7 Å². The van der Waals surface area contributed by atoms with Crippen LogP contribution in [0.15, 0.2) is 29.3 Å². The average Bonchev–Trinajstić information content (AvgIpc) is 2.96. The number of nitrogens with two attached hydrogens (primary N) is 1. The van der Waals surface area contributed by atoms with Gasteiger partial charge in [-0.1, -0.05) is 0 Å². The van der Waals surface area contributed by atoms with E-state index in [1.807, 2.05) is 24.3 Å². The Bertz CT molecular complexity index is 500. The van der Waals surface area contributed by atoms with E-state index in [1.54, 1.807) is 7.11 Å². The lowest BCUT2D eigenvalue weighted by molar-refractivity contribution is 0.100. The topological polar surface area (TPSA) is 60.1 Å². The maximum Gasteiger partial charge on any atom is 0.196 e. The summed E-state index contributed by atoms with van der Waals surface area (Å²) in [6.45, 7) is 3.56. The molecule has 0 saturated carbocycles. The Hall–Kier alpha value is -1.75. The van der Waals surface area contributed by atoms with E-state index in [-0.39, 0.29) is 11.6 Å². The highest BCUT2D eigenvalue weighted by atomic mass is 16.5. The van der Waals surface area contributed by atoms with Gasteiger partial charge in [0, 0.05) is 12.3 Å². The van der Waals surface area contributed by atoms with Crippen molar-refractivity contribution in [1.82, 2.24) is 0 Å². The molecule has 2 unspecified atom stereocenters. The second-order valence-corrected chi connectivity index (χ2v) is 5.07. The zero-order valence-electron chi connectivity index (χ0n) is 11.3. The largest absolute Gasteiger partial charge is 0.497 e. The van der Waals surface area contributed by atoms with Crippen molar-refractivity contribution in [1.29, 1.82) is 0 Å². The number of methoxy groups -OCH3 is 1. The number of aliphatic imine (C=N–C) groups is 1. The first kappa shape index (κ1) is 12.3. The molecule has 5 nitrogen and oxygen atoms in total. The molecule has 2 aliphatic heterocycles. The van der Waals surface area contributed by atoms with Crippen molar-refractivity contribution < 1.29 is 9.47 Å². The Morgan fingerprint density at radius 3 is 2.74 bits per heavy atom. The smallest absolute Gasteiger partial charge is 0.196 e.